The molecule has 0 unspecified atom stereocenters. The predicted octanol–water partition coefficient (Wildman–Crippen LogP) is 4.05. The third-order valence-electron chi connectivity index (χ3n) is 2.75. The Bertz CT molecular complexity index is 612. The summed E-state index contributed by atoms with van der Waals surface area (Å²) in [4.78, 5) is 0. The molecule has 0 bridgehead atoms. The van der Waals surface area contributed by atoms with Gasteiger partial charge in [0.05, 0.1) is 7.11 Å². The van der Waals surface area contributed by atoms with Crippen molar-refractivity contribution in [3.63, 3.8) is 0 Å². The summed E-state index contributed by atoms with van der Waals surface area (Å²) >= 11 is 3.01. The van der Waals surface area contributed by atoms with E-state index in [1.54, 1.807) is 12.1 Å². The Morgan fingerprint density at radius 1 is 1.20 bits per heavy atom. The van der Waals surface area contributed by atoms with Crippen LogP contribution in [0.25, 0.3) is 0 Å². The van der Waals surface area contributed by atoms with Crippen molar-refractivity contribution in [3.05, 3.63) is 52.0 Å². The first kappa shape index (κ1) is 14.6. The first-order valence-corrected chi connectivity index (χ1v) is 6.55. The number of phenols is 1. The lowest BCUT2D eigenvalue weighted by atomic mass is 10.2. The molecule has 20 heavy (non-hydrogen) atoms. The first-order valence-electron chi connectivity index (χ1n) is 5.75. The van der Waals surface area contributed by atoms with Crippen molar-refractivity contribution in [2.45, 2.75) is 6.54 Å². The van der Waals surface area contributed by atoms with Crippen molar-refractivity contribution >= 4 is 21.6 Å². The number of nitrogens with one attached hydrogen (secondary N) is 1. The molecule has 6 heteroatoms. The maximum absolute atomic E-state index is 13.6. The van der Waals surface area contributed by atoms with Crippen LogP contribution in [0.3, 0.4) is 0 Å². The molecule has 0 spiro atoms. The Morgan fingerprint density at radius 2 is 1.85 bits per heavy atom. The second kappa shape index (κ2) is 6.09. The van der Waals surface area contributed by atoms with E-state index in [0.717, 1.165) is 0 Å². The lowest BCUT2D eigenvalue weighted by Gasteiger charge is -2.11. The average Bonchev–Trinajstić information content (AvgIpc) is 2.39. The summed E-state index contributed by atoms with van der Waals surface area (Å²) in [5, 5.41) is 12.4. The topological polar surface area (TPSA) is 41.5 Å². The number of phenolic OH excluding ortho intramolecular Hbond substituents is 1. The van der Waals surface area contributed by atoms with Gasteiger partial charge in [-0.25, -0.2) is 8.78 Å². The minimum absolute atomic E-state index is 0.00484. The van der Waals surface area contributed by atoms with Gasteiger partial charge in [0.15, 0.2) is 0 Å². The van der Waals surface area contributed by atoms with Crippen LogP contribution in [0.4, 0.5) is 14.5 Å². The van der Waals surface area contributed by atoms with Crippen LogP contribution < -0.4 is 10.1 Å². The lowest BCUT2D eigenvalue weighted by molar-refractivity contribution is 0.406. The fraction of sp³-hybridized carbons (Fsp3) is 0.143. The molecule has 0 aliphatic carbocycles. The van der Waals surface area contributed by atoms with Crippen LogP contribution in [-0.2, 0) is 6.54 Å². The van der Waals surface area contributed by atoms with E-state index in [2.05, 4.69) is 21.2 Å². The molecule has 2 N–H and O–H groups in total. The second-order valence-corrected chi connectivity index (χ2v) is 5.01. The van der Waals surface area contributed by atoms with Gasteiger partial charge in [-0.2, -0.15) is 0 Å². The molecule has 2 aromatic carbocycles. The lowest BCUT2D eigenvalue weighted by Crippen LogP contribution is -2.04. The standard InChI is InChI=1S/C14H12BrF2NO2/c1-20-10-3-2-8(13(19)6-10)7-18-14-11(16)4-9(15)5-12(14)17/h2-6,18-19H,7H2,1H3. The molecule has 0 aliphatic heterocycles. The van der Waals surface area contributed by atoms with E-state index in [0.29, 0.717) is 15.8 Å². The summed E-state index contributed by atoms with van der Waals surface area (Å²) in [5.41, 5.74) is 0.274. The van der Waals surface area contributed by atoms with E-state index in [1.807, 2.05) is 0 Å². The zero-order chi connectivity index (χ0) is 14.7. The van der Waals surface area contributed by atoms with Crippen molar-refractivity contribution in [2.24, 2.45) is 0 Å². The van der Waals surface area contributed by atoms with Gasteiger partial charge in [-0.05, 0) is 24.3 Å². The predicted molar refractivity (Wildman–Crippen MR) is 76.0 cm³/mol. The highest BCUT2D eigenvalue weighted by Crippen LogP contribution is 2.27. The molecular formula is C14H12BrF2NO2. The van der Waals surface area contributed by atoms with Crippen LogP contribution in [0.2, 0.25) is 0 Å². The minimum Gasteiger partial charge on any atom is -0.507 e. The molecule has 0 fully saturated rings. The number of aromatic hydroxyl groups is 1. The number of halogens is 3. The third-order valence-corrected chi connectivity index (χ3v) is 3.21. The Kier molecular flexibility index (Phi) is 4.44. The molecule has 2 aromatic rings. The van der Waals surface area contributed by atoms with Crippen LogP contribution in [0.15, 0.2) is 34.8 Å². The van der Waals surface area contributed by atoms with Crippen molar-refractivity contribution < 1.29 is 18.6 Å². The molecule has 0 atom stereocenters. The van der Waals surface area contributed by atoms with Gasteiger partial charge in [-0.3, -0.25) is 0 Å². The van der Waals surface area contributed by atoms with Crippen molar-refractivity contribution in [2.75, 3.05) is 12.4 Å². The van der Waals surface area contributed by atoms with Gasteiger partial charge in [0.1, 0.15) is 28.8 Å². The zero-order valence-electron chi connectivity index (χ0n) is 10.6. The first-order chi connectivity index (χ1) is 9.51. The summed E-state index contributed by atoms with van der Waals surface area (Å²) in [7, 11) is 1.49. The van der Waals surface area contributed by atoms with E-state index in [4.69, 9.17) is 4.74 Å². The molecule has 2 rings (SSSR count). The molecule has 0 heterocycles. The van der Waals surface area contributed by atoms with Crippen molar-refractivity contribution in [1.82, 2.24) is 0 Å². The van der Waals surface area contributed by atoms with Gasteiger partial charge < -0.3 is 15.2 Å². The molecule has 3 nitrogen and oxygen atoms in total. The quantitative estimate of drug-likeness (QED) is 0.879. The maximum atomic E-state index is 13.6. The van der Waals surface area contributed by atoms with Gasteiger partial charge in [0.25, 0.3) is 0 Å². The van der Waals surface area contributed by atoms with Gasteiger partial charge >= 0.3 is 0 Å². The van der Waals surface area contributed by atoms with Crippen LogP contribution in [0.1, 0.15) is 5.56 Å². The highest BCUT2D eigenvalue weighted by atomic mass is 79.9. The summed E-state index contributed by atoms with van der Waals surface area (Å²) in [6.07, 6.45) is 0. The van der Waals surface area contributed by atoms with Crippen LogP contribution in [0, 0.1) is 11.6 Å². The fourth-order valence-corrected chi connectivity index (χ4v) is 2.12. The summed E-state index contributed by atoms with van der Waals surface area (Å²) in [6.45, 7) is 0.0886. The molecule has 106 valence electrons. The van der Waals surface area contributed by atoms with Gasteiger partial charge in [-0.1, -0.05) is 15.9 Å². The third kappa shape index (κ3) is 3.19. The van der Waals surface area contributed by atoms with Crippen molar-refractivity contribution in [1.29, 1.82) is 0 Å². The molecule has 0 amide bonds. The van der Waals surface area contributed by atoms with E-state index in [-0.39, 0.29) is 18.0 Å². The Labute approximate surface area is 123 Å². The molecular weight excluding hydrogens is 332 g/mol. The minimum atomic E-state index is -0.704. The number of benzene rings is 2. The molecule has 0 aliphatic rings. The van der Waals surface area contributed by atoms with E-state index >= 15 is 0 Å². The highest BCUT2D eigenvalue weighted by molar-refractivity contribution is 9.10. The summed E-state index contributed by atoms with van der Waals surface area (Å²) in [6, 6.07) is 7.05. The number of anilines is 1. The largest absolute Gasteiger partial charge is 0.507 e. The SMILES string of the molecule is COc1ccc(CNc2c(F)cc(Br)cc2F)c(O)c1. The van der Waals surface area contributed by atoms with Gasteiger partial charge in [0, 0.05) is 22.6 Å². The Morgan fingerprint density at radius 3 is 2.40 bits per heavy atom. The molecule has 0 radical (unpaired) electrons. The Balaban J connectivity index is 2.17. The van der Waals surface area contributed by atoms with E-state index < -0.39 is 11.6 Å². The smallest absolute Gasteiger partial charge is 0.150 e. The van der Waals surface area contributed by atoms with E-state index in [1.165, 1.54) is 25.3 Å². The fourth-order valence-electron chi connectivity index (χ4n) is 1.71. The number of methoxy groups -OCH3 is 1. The second-order valence-electron chi connectivity index (χ2n) is 4.09. The monoisotopic (exact) mass is 343 g/mol. The average molecular weight is 344 g/mol. The van der Waals surface area contributed by atoms with Crippen LogP contribution in [-0.4, -0.2) is 12.2 Å². The molecule has 0 saturated carbocycles. The maximum Gasteiger partial charge on any atom is 0.150 e. The van der Waals surface area contributed by atoms with Gasteiger partial charge in [-0.15, -0.1) is 0 Å². The Hall–Kier alpha value is -1.82. The normalized spacial score (nSPS) is 10.4. The number of hydrogen-bond donors (Lipinski definition) is 2. The van der Waals surface area contributed by atoms with Crippen LogP contribution >= 0.6 is 15.9 Å². The zero-order valence-corrected chi connectivity index (χ0v) is 12.2. The van der Waals surface area contributed by atoms with E-state index in [9.17, 15) is 13.9 Å². The number of hydrogen-bond acceptors (Lipinski definition) is 3. The molecule has 0 saturated heterocycles. The number of rotatable bonds is 4. The number of ether oxygens (including phenoxy) is 1. The summed E-state index contributed by atoms with van der Waals surface area (Å²) in [5.74, 6) is -0.906. The highest BCUT2D eigenvalue weighted by Gasteiger charge is 2.11. The van der Waals surface area contributed by atoms with Gasteiger partial charge in [0.2, 0.25) is 0 Å². The molecule has 0 aromatic heterocycles. The van der Waals surface area contributed by atoms with Crippen molar-refractivity contribution in [3.8, 4) is 11.5 Å². The summed E-state index contributed by atoms with van der Waals surface area (Å²) < 4.78 is 32.5. The van der Waals surface area contributed by atoms with Crippen LogP contribution in [0.5, 0.6) is 11.5 Å².